The molecule has 0 aromatic heterocycles. The summed E-state index contributed by atoms with van der Waals surface area (Å²) in [5, 5.41) is 0. The van der Waals surface area contributed by atoms with Gasteiger partial charge < -0.3 is 9.47 Å². The molecule has 1 heterocycles. The predicted molar refractivity (Wildman–Crippen MR) is 60.9 cm³/mol. The first-order chi connectivity index (χ1) is 6.90. The number of benzene rings is 1. The summed E-state index contributed by atoms with van der Waals surface area (Å²) in [6.45, 7) is 3.85. The average molecular weight is 210 g/mol. The second-order valence-corrected chi connectivity index (χ2v) is 3.44. The van der Waals surface area contributed by atoms with Gasteiger partial charge in [-0.15, -0.1) is 0 Å². The lowest BCUT2D eigenvalue weighted by atomic mass is 10.2. The van der Waals surface area contributed by atoms with Crippen molar-refractivity contribution in [1.82, 2.24) is 0 Å². The van der Waals surface area contributed by atoms with E-state index in [0.717, 1.165) is 32.1 Å². The Labute approximate surface area is 91.6 Å². The highest BCUT2D eigenvalue weighted by Gasteiger charge is 2.15. The van der Waals surface area contributed by atoms with Gasteiger partial charge in [0.05, 0.1) is 20.3 Å². The van der Waals surface area contributed by atoms with E-state index in [2.05, 4.69) is 12.1 Å². The fourth-order valence-corrected chi connectivity index (χ4v) is 1.73. The highest BCUT2D eigenvalue weighted by Crippen LogP contribution is 2.12. The van der Waals surface area contributed by atoms with E-state index in [1.807, 2.05) is 12.1 Å². The van der Waals surface area contributed by atoms with E-state index in [1.54, 1.807) is 7.11 Å². The summed E-state index contributed by atoms with van der Waals surface area (Å²) in [5.74, 6) is 0.918. The van der Waals surface area contributed by atoms with Crippen molar-refractivity contribution in [2.24, 2.45) is 0 Å². The van der Waals surface area contributed by atoms with Crippen LogP contribution in [0.5, 0.6) is 5.75 Å². The highest BCUT2D eigenvalue weighted by molar-refractivity contribution is 5.35. The molecule has 1 fully saturated rings. The van der Waals surface area contributed by atoms with Gasteiger partial charge in [0.25, 0.3) is 0 Å². The second-order valence-electron chi connectivity index (χ2n) is 3.44. The number of quaternary nitrogens is 1. The maximum atomic E-state index is 5.32. The summed E-state index contributed by atoms with van der Waals surface area (Å²) in [5.41, 5.74) is 1.33. The first kappa shape index (κ1) is 12.0. The highest BCUT2D eigenvalue weighted by atomic mass is 16.5. The second kappa shape index (κ2) is 5.73. The molecule has 1 N–H and O–H groups in total. The molecule has 1 aromatic rings. The van der Waals surface area contributed by atoms with Gasteiger partial charge in [-0.05, 0) is 12.1 Å². The fraction of sp³-hybridized carbons (Fsp3) is 0.500. The van der Waals surface area contributed by atoms with Crippen LogP contribution in [0.3, 0.4) is 0 Å². The Balaban J connectivity index is 0.00000112. The van der Waals surface area contributed by atoms with E-state index < -0.39 is 0 Å². The maximum Gasteiger partial charge on any atom is 0.131 e. The minimum atomic E-state index is 0. The van der Waals surface area contributed by atoms with Gasteiger partial charge in [-0.25, -0.2) is 0 Å². The lowest BCUT2D eigenvalue weighted by Gasteiger charge is -2.23. The van der Waals surface area contributed by atoms with Crippen LogP contribution in [0.2, 0.25) is 0 Å². The normalized spacial score (nSPS) is 16.9. The predicted octanol–water partition coefficient (Wildman–Crippen LogP) is 0.878. The Morgan fingerprint density at radius 1 is 1.13 bits per heavy atom. The summed E-state index contributed by atoms with van der Waals surface area (Å²) >= 11 is 0. The third-order valence-electron chi connectivity index (χ3n) is 2.59. The summed E-state index contributed by atoms with van der Waals surface area (Å²) < 4.78 is 10.4. The van der Waals surface area contributed by atoms with Gasteiger partial charge in [0.1, 0.15) is 24.5 Å². The molecule has 15 heavy (non-hydrogen) atoms. The number of hydrogen-bond acceptors (Lipinski definition) is 2. The number of ether oxygens (including phenoxy) is 2. The summed E-state index contributed by atoms with van der Waals surface area (Å²) in [4.78, 5) is 1.50. The van der Waals surface area contributed by atoms with Crippen molar-refractivity contribution in [3.8, 4) is 5.75 Å². The van der Waals surface area contributed by atoms with Crippen LogP contribution in [0.4, 0.5) is 5.69 Å². The van der Waals surface area contributed by atoms with E-state index in [4.69, 9.17) is 9.47 Å². The zero-order valence-corrected chi connectivity index (χ0v) is 8.45. The number of morpholine rings is 1. The monoisotopic (exact) mass is 210 g/mol. The Kier molecular flexibility index (Phi) is 4.59. The molecule has 3 heteroatoms. The van der Waals surface area contributed by atoms with Gasteiger partial charge in [0, 0.05) is 12.1 Å². The zero-order chi connectivity index (χ0) is 9.80. The van der Waals surface area contributed by atoms with Crippen molar-refractivity contribution >= 4 is 5.69 Å². The molecule has 0 unspecified atom stereocenters. The van der Waals surface area contributed by atoms with Gasteiger partial charge >= 0.3 is 0 Å². The molecule has 2 rings (SSSR count). The number of rotatable bonds is 2. The Morgan fingerprint density at radius 3 is 2.27 bits per heavy atom. The molecule has 0 amide bonds. The Hall–Kier alpha value is -1.06. The third kappa shape index (κ3) is 2.94. The molecular weight excluding hydrogens is 190 g/mol. The van der Waals surface area contributed by atoms with Crippen LogP contribution >= 0.6 is 0 Å². The van der Waals surface area contributed by atoms with Gasteiger partial charge in [-0.1, -0.05) is 7.43 Å². The van der Waals surface area contributed by atoms with Gasteiger partial charge in [-0.2, -0.15) is 0 Å². The van der Waals surface area contributed by atoms with E-state index >= 15 is 0 Å². The lowest BCUT2D eigenvalue weighted by molar-refractivity contribution is -0.842. The van der Waals surface area contributed by atoms with Crippen molar-refractivity contribution in [1.29, 1.82) is 0 Å². The zero-order valence-electron chi connectivity index (χ0n) is 8.45. The molecule has 1 aromatic carbocycles. The minimum Gasteiger partial charge on any atom is -0.497 e. The molecule has 0 atom stereocenters. The molecule has 3 nitrogen and oxygen atoms in total. The van der Waals surface area contributed by atoms with E-state index in [0.29, 0.717) is 0 Å². The van der Waals surface area contributed by atoms with Crippen molar-refractivity contribution in [3.63, 3.8) is 0 Å². The van der Waals surface area contributed by atoms with Gasteiger partial charge in [-0.3, -0.25) is 4.90 Å². The van der Waals surface area contributed by atoms with Crippen LogP contribution in [0.1, 0.15) is 7.43 Å². The molecule has 0 spiro atoms. The van der Waals surface area contributed by atoms with Crippen molar-refractivity contribution in [3.05, 3.63) is 24.3 Å². The molecule has 1 saturated heterocycles. The van der Waals surface area contributed by atoms with Crippen molar-refractivity contribution < 1.29 is 14.4 Å². The SMILES string of the molecule is C.COc1ccc([NH+]2CCOCC2)cc1. The van der Waals surface area contributed by atoms with E-state index in [-0.39, 0.29) is 7.43 Å². The first-order valence-corrected chi connectivity index (χ1v) is 4.97. The molecule has 1 aliphatic rings. The number of nitrogens with one attached hydrogen (secondary N) is 1. The average Bonchev–Trinajstić information content (AvgIpc) is 2.30. The van der Waals surface area contributed by atoms with Gasteiger partial charge in [0.15, 0.2) is 0 Å². The van der Waals surface area contributed by atoms with Crippen molar-refractivity contribution in [2.45, 2.75) is 7.43 Å². The van der Waals surface area contributed by atoms with Crippen LogP contribution < -0.4 is 9.64 Å². The molecule has 84 valence electrons. The largest absolute Gasteiger partial charge is 0.497 e. The first-order valence-electron chi connectivity index (χ1n) is 4.97. The lowest BCUT2D eigenvalue weighted by Crippen LogP contribution is -3.09. The molecule has 0 bridgehead atoms. The van der Waals surface area contributed by atoms with Gasteiger partial charge in [0.2, 0.25) is 0 Å². The van der Waals surface area contributed by atoms with Crippen LogP contribution in [-0.4, -0.2) is 33.4 Å². The van der Waals surface area contributed by atoms with Crippen LogP contribution in [0, 0.1) is 0 Å². The Bertz CT molecular complexity index is 278. The summed E-state index contributed by atoms with van der Waals surface area (Å²) in [7, 11) is 1.69. The topological polar surface area (TPSA) is 22.9 Å². The van der Waals surface area contributed by atoms with Crippen molar-refractivity contribution in [2.75, 3.05) is 33.4 Å². The number of hydrogen-bond donors (Lipinski definition) is 1. The Morgan fingerprint density at radius 2 is 1.73 bits per heavy atom. The summed E-state index contributed by atoms with van der Waals surface area (Å²) in [6, 6.07) is 8.27. The molecule has 1 aliphatic heterocycles. The standard InChI is InChI=1S/C11H15NO2.CH4/c1-13-11-4-2-10(3-5-11)12-6-8-14-9-7-12;/h2-5H,6-9H2,1H3;1H4/p+1. The fourth-order valence-electron chi connectivity index (χ4n) is 1.73. The quantitative estimate of drug-likeness (QED) is 0.783. The molecule has 0 aliphatic carbocycles. The summed E-state index contributed by atoms with van der Waals surface area (Å²) in [6.07, 6.45) is 0. The van der Waals surface area contributed by atoms with E-state index in [1.165, 1.54) is 10.6 Å². The van der Waals surface area contributed by atoms with Crippen LogP contribution in [0.15, 0.2) is 24.3 Å². The molecule has 0 radical (unpaired) electrons. The third-order valence-corrected chi connectivity index (χ3v) is 2.59. The minimum absolute atomic E-state index is 0. The number of methoxy groups -OCH3 is 1. The smallest absolute Gasteiger partial charge is 0.131 e. The molecule has 0 saturated carbocycles. The van der Waals surface area contributed by atoms with Crippen LogP contribution in [0.25, 0.3) is 0 Å². The van der Waals surface area contributed by atoms with Crippen LogP contribution in [-0.2, 0) is 4.74 Å². The van der Waals surface area contributed by atoms with E-state index in [9.17, 15) is 0 Å². The maximum absolute atomic E-state index is 5.32. The molecular formula is C12H20NO2+.